The number of aromatic nitrogens is 3. The van der Waals surface area contributed by atoms with Crippen LogP contribution < -0.4 is 0 Å². The fourth-order valence-corrected chi connectivity index (χ4v) is 8.21. The van der Waals surface area contributed by atoms with Gasteiger partial charge in [-0.3, -0.25) is 0 Å². The maximum absolute atomic E-state index is 6.59. The van der Waals surface area contributed by atoms with E-state index in [1.807, 2.05) is 24.3 Å². The van der Waals surface area contributed by atoms with Crippen LogP contribution in [0.5, 0.6) is 0 Å². The van der Waals surface area contributed by atoms with Gasteiger partial charge in [0.05, 0.1) is 0 Å². The van der Waals surface area contributed by atoms with Crippen LogP contribution in [0.1, 0.15) is 0 Å². The summed E-state index contributed by atoms with van der Waals surface area (Å²) < 4.78 is 6.59. The molecule has 2 aromatic heterocycles. The Hall–Kier alpha value is -8.21. The maximum atomic E-state index is 6.59. The van der Waals surface area contributed by atoms with E-state index < -0.39 is 0 Å². The SMILES string of the molecule is c1ccc(-c2ccc(-c3ccc(-c4nc(-c5ccc(-c6ccccc6)cc5)nc(-c5ccc6c(c5)oc5cccc(-c7cccc(-c8ccccc8)c7)c56)n4)cc3)cc2)cc1. The minimum absolute atomic E-state index is 0.575. The molecule has 0 atom stereocenters. The van der Waals surface area contributed by atoms with E-state index in [4.69, 9.17) is 19.4 Å². The first-order chi connectivity index (χ1) is 30.2. The monoisotopic (exact) mass is 779 g/mol. The molecule has 0 aliphatic heterocycles. The third-order valence-electron chi connectivity index (χ3n) is 11.4. The Bertz CT molecular complexity index is 3300. The number of rotatable bonds is 8. The Morgan fingerprint density at radius 3 is 1.13 bits per heavy atom. The van der Waals surface area contributed by atoms with Gasteiger partial charge in [0.25, 0.3) is 0 Å². The highest BCUT2D eigenvalue weighted by atomic mass is 16.3. The van der Waals surface area contributed by atoms with E-state index in [1.165, 1.54) is 22.3 Å². The van der Waals surface area contributed by atoms with Crippen LogP contribution in [0.25, 0.3) is 112 Å². The summed E-state index contributed by atoms with van der Waals surface area (Å²) in [5.41, 5.74) is 15.9. The zero-order valence-corrected chi connectivity index (χ0v) is 33.1. The third kappa shape index (κ3) is 7.07. The van der Waals surface area contributed by atoms with Crippen molar-refractivity contribution in [3.05, 3.63) is 224 Å². The third-order valence-corrected chi connectivity index (χ3v) is 11.4. The molecule has 0 radical (unpaired) electrons. The van der Waals surface area contributed by atoms with Crippen LogP contribution in [-0.4, -0.2) is 15.0 Å². The van der Waals surface area contributed by atoms with Crippen molar-refractivity contribution < 1.29 is 4.42 Å². The van der Waals surface area contributed by atoms with Gasteiger partial charge < -0.3 is 4.42 Å². The van der Waals surface area contributed by atoms with Crippen LogP contribution in [0.2, 0.25) is 0 Å². The van der Waals surface area contributed by atoms with Gasteiger partial charge >= 0.3 is 0 Å². The first-order valence-electron chi connectivity index (χ1n) is 20.5. The quantitative estimate of drug-likeness (QED) is 0.154. The fourth-order valence-electron chi connectivity index (χ4n) is 8.21. The number of hydrogen-bond acceptors (Lipinski definition) is 4. The molecule has 9 aromatic carbocycles. The van der Waals surface area contributed by atoms with E-state index in [-0.39, 0.29) is 0 Å². The molecule has 0 aliphatic rings. The predicted molar refractivity (Wildman–Crippen MR) is 251 cm³/mol. The Kier molecular flexibility index (Phi) is 9.14. The van der Waals surface area contributed by atoms with E-state index >= 15 is 0 Å². The fraction of sp³-hybridized carbons (Fsp3) is 0. The maximum Gasteiger partial charge on any atom is 0.164 e. The summed E-state index contributed by atoms with van der Waals surface area (Å²) in [7, 11) is 0. The van der Waals surface area contributed by atoms with Crippen molar-refractivity contribution in [2.75, 3.05) is 0 Å². The molecule has 11 rings (SSSR count). The summed E-state index contributed by atoms with van der Waals surface area (Å²) in [4.78, 5) is 15.3. The summed E-state index contributed by atoms with van der Waals surface area (Å²) in [6, 6.07) is 78.2. The van der Waals surface area contributed by atoms with Crippen LogP contribution in [0.3, 0.4) is 0 Å². The number of benzene rings is 9. The highest BCUT2D eigenvalue weighted by molar-refractivity contribution is 6.13. The lowest BCUT2D eigenvalue weighted by Gasteiger charge is -2.10. The van der Waals surface area contributed by atoms with Crippen LogP contribution in [-0.2, 0) is 0 Å². The molecule has 4 heteroatoms. The number of furan rings is 1. The van der Waals surface area contributed by atoms with Gasteiger partial charge in [-0.25, -0.2) is 15.0 Å². The summed E-state index contributed by atoms with van der Waals surface area (Å²) in [5, 5.41) is 2.12. The number of fused-ring (bicyclic) bond motifs is 3. The largest absolute Gasteiger partial charge is 0.456 e. The lowest BCUT2D eigenvalue weighted by Crippen LogP contribution is -2.00. The molecule has 0 aliphatic carbocycles. The highest BCUT2D eigenvalue weighted by Gasteiger charge is 2.17. The molecule has 11 aromatic rings. The van der Waals surface area contributed by atoms with Crippen LogP contribution in [0.4, 0.5) is 0 Å². The van der Waals surface area contributed by atoms with Gasteiger partial charge in [-0.2, -0.15) is 0 Å². The molecular weight excluding hydrogens is 743 g/mol. The summed E-state index contributed by atoms with van der Waals surface area (Å²) >= 11 is 0. The van der Waals surface area contributed by atoms with Crippen LogP contribution in [0, 0.1) is 0 Å². The topological polar surface area (TPSA) is 51.8 Å². The molecule has 61 heavy (non-hydrogen) atoms. The molecular formula is C57H37N3O. The van der Waals surface area contributed by atoms with Crippen molar-refractivity contribution in [1.82, 2.24) is 15.0 Å². The Balaban J connectivity index is 0.979. The second kappa shape index (κ2) is 15.5. The molecule has 0 amide bonds. The van der Waals surface area contributed by atoms with Crippen molar-refractivity contribution in [1.29, 1.82) is 0 Å². The van der Waals surface area contributed by atoms with Gasteiger partial charge in [0.1, 0.15) is 11.2 Å². The summed E-state index contributed by atoms with van der Waals surface area (Å²) in [6.07, 6.45) is 0. The average Bonchev–Trinajstić information content (AvgIpc) is 3.73. The van der Waals surface area contributed by atoms with E-state index in [1.54, 1.807) is 0 Å². The summed E-state index contributed by atoms with van der Waals surface area (Å²) in [6.45, 7) is 0. The minimum Gasteiger partial charge on any atom is -0.456 e. The van der Waals surface area contributed by atoms with E-state index in [9.17, 15) is 0 Å². The Labute approximate surface area is 354 Å². The van der Waals surface area contributed by atoms with Gasteiger partial charge in [0, 0.05) is 27.5 Å². The van der Waals surface area contributed by atoms with Crippen molar-refractivity contribution in [2.45, 2.75) is 0 Å². The molecule has 4 nitrogen and oxygen atoms in total. The predicted octanol–water partition coefficient (Wildman–Crippen LogP) is 15.1. The average molecular weight is 780 g/mol. The normalized spacial score (nSPS) is 11.3. The first kappa shape index (κ1) is 35.9. The van der Waals surface area contributed by atoms with Crippen molar-refractivity contribution in [3.8, 4) is 89.8 Å². The Morgan fingerprint density at radius 1 is 0.246 bits per heavy atom. The molecule has 0 unspecified atom stereocenters. The molecule has 0 bridgehead atoms. The standard InChI is InChI=1S/C57H37N3O/c1-4-12-38(13-5-1)41-22-24-43(25-23-41)44-28-32-46(33-29-44)56-58-55(45-30-26-42(27-31-45)39-14-6-2-7-15-39)59-57(60-56)49-34-35-51-53(37-49)61-52-21-11-20-50(54(51)52)48-19-10-18-47(36-48)40-16-8-3-9-17-40/h1-37H. The Morgan fingerprint density at radius 2 is 0.623 bits per heavy atom. The van der Waals surface area contributed by atoms with Crippen LogP contribution in [0.15, 0.2) is 229 Å². The van der Waals surface area contributed by atoms with Gasteiger partial charge in [-0.05, 0) is 79.9 Å². The van der Waals surface area contributed by atoms with E-state index in [0.717, 1.165) is 72.0 Å². The molecule has 0 saturated carbocycles. The van der Waals surface area contributed by atoms with E-state index in [0.29, 0.717) is 17.5 Å². The van der Waals surface area contributed by atoms with Crippen molar-refractivity contribution in [3.63, 3.8) is 0 Å². The molecule has 0 N–H and O–H groups in total. The van der Waals surface area contributed by atoms with Crippen molar-refractivity contribution >= 4 is 21.9 Å². The molecule has 286 valence electrons. The second-order valence-electron chi connectivity index (χ2n) is 15.2. The molecule has 0 saturated heterocycles. The van der Waals surface area contributed by atoms with Crippen LogP contribution >= 0.6 is 0 Å². The zero-order chi connectivity index (χ0) is 40.5. The molecule has 0 spiro atoms. The highest BCUT2D eigenvalue weighted by Crippen LogP contribution is 2.39. The number of hydrogen-bond donors (Lipinski definition) is 0. The smallest absolute Gasteiger partial charge is 0.164 e. The molecule has 2 heterocycles. The second-order valence-corrected chi connectivity index (χ2v) is 15.2. The van der Waals surface area contributed by atoms with Gasteiger partial charge in [-0.15, -0.1) is 0 Å². The summed E-state index contributed by atoms with van der Waals surface area (Å²) in [5.74, 6) is 1.78. The lowest BCUT2D eigenvalue weighted by atomic mass is 9.96. The van der Waals surface area contributed by atoms with Gasteiger partial charge in [-0.1, -0.05) is 200 Å². The van der Waals surface area contributed by atoms with Gasteiger partial charge in [0.2, 0.25) is 0 Å². The lowest BCUT2D eigenvalue weighted by molar-refractivity contribution is 0.669. The van der Waals surface area contributed by atoms with Crippen molar-refractivity contribution in [2.24, 2.45) is 0 Å². The van der Waals surface area contributed by atoms with Gasteiger partial charge in [0.15, 0.2) is 17.5 Å². The minimum atomic E-state index is 0.575. The number of nitrogens with zero attached hydrogens (tertiary/aromatic N) is 3. The molecule has 0 fully saturated rings. The zero-order valence-electron chi connectivity index (χ0n) is 33.1. The first-order valence-corrected chi connectivity index (χ1v) is 20.5. The van der Waals surface area contributed by atoms with E-state index in [2.05, 4.69) is 200 Å².